The summed E-state index contributed by atoms with van der Waals surface area (Å²) in [5.74, 6) is 1.72. The molecular weight excluding hydrogens is 238 g/mol. The molecule has 1 aromatic rings. The van der Waals surface area contributed by atoms with E-state index in [1.165, 1.54) is 0 Å². The zero-order chi connectivity index (χ0) is 12.3. The van der Waals surface area contributed by atoms with Gasteiger partial charge in [-0.05, 0) is 12.8 Å². The number of thioether (sulfide) groups is 1. The molecule has 94 valence electrons. The number of rotatable bonds is 4. The van der Waals surface area contributed by atoms with Crippen LogP contribution in [0.3, 0.4) is 0 Å². The van der Waals surface area contributed by atoms with E-state index in [0.29, 0.717) is 17.2 Å². The fraction of sp³-hybridized carbons (Fsp3) is 0.700. The van der Waals surface area contributed by atoms with Crippen LogP contribution in [0.2, 0.25) is 0 Å². The highest BCUT2D eigenvalue weighted by Crippen LogP contribution is 2.22. The minimum absolute atomic E-state index is 0.263. The van der Waals surface area contributed by atoms with Crippen molar-refractivity contribution in [3.8, 4) is 0 Å². The van der Waals surface area contributed by atoms with Crippen molar-refractivity contribution >= 4 is 23.7 Å². The molecule has 0 aliphatic carbocycles. The topological polar surface area (TPSA) is 77.2 Å². The molecule has 2 heterocycles. The Hall–Kier alpha value is -1.08. The van der Waals surface area contributed by atoms with Crippen LogP contribution in [0.4, 0.5) is 11.9 Å². The Labute approximate surface area is 105 Å². The first-order valence-corrected chi connectivity index (χ1v) is 6.57. The molecule has 0 spiro atoms. The minimum Gasteiger partial charge on any atom is -0.377 e. The predicted molar refractivity (Wildman–Crippen MR) is 68.3 cm³/mol. The van der Waals surface area contributed by atoms with Gasteiger partial charge >= 0.3 is 0 Å². The normalized spacial score (nSPS) is 19.5. The molecule has 1 atom stereocenters. The number of anilines is 2. The Balaban J connectivity index is 1.99. The standard InChI is InChI=1S/C10H17N5OS/c1-15(2)9-12-8(11)13-10(14-9)17-6-7-4-3-5-16-7/h7H,3-6H2,1-2H3,(H2,11,12,13,14). The van der Waals surface area contributed by atoms with Gasteiger partial charge in [-0.1, -0.05) is 11.8 Å². The van der Waals surface area contributed by atoms with Gasteiger partial charge in [0, 0.05) is 26.5 Å². The fourth-order valence-electron chi connectivity index (χ4n) is 1.57. The average Bonchev–Trinajstić information content (AvgIpc) is 2.78. The van der Waals surface area contributed by atoms with Crippen LogP contribution in [-0.4, -0.2) is 47.5 Å². The van der Waals surface area contributed by atoms with Gasteiger partial charge in [0.1, 0.15) is 0 Å². The second-order valence-electron chi connectivity index (χ2n) is 4.12. The lowest BCUT2D eigenvalue weighted by molar-refractivity contribution is 0.129. The second-order valence-corrected chi connectivity index (χ2v) is 5.10. The van der Waals surface area contributed by atoms with Crippen molar-refractivity contribution in [1.82, 2.24) is 15.0 Å². The molecule has 1 saturated heterocycles. The van der Waals surface area contributed by atoms with Gasteiger partial charge in [-0.15, -0.1) is 0 Å². The van der Waals surface area contributed by atoms with Crippen molar-refractivity contribution in [3.63, 3.8) is 0 Å². The molecule has 17 heavy (non-hydrogen) atoms. The summed E-state index contributed by atoms with van der Waals surface area (Å²) >= 11 is 1.57. The molecule has 0 amide bonds. The van der Waals surface area contributed by atoms with E-state index in [0.717, 1.165) is 25.2 Å². The lowest BCUT2D eigenvalue weighted by atomic mass is 10.3. The molecule has 2 rings (SSSR count). The Bertz CT molecular complexity index is 381. The highest BCUT2D eigenvalue weighted by molar-refractivity contribution is 7.99. The van der Waals surface area contributed by atoms with Crippen LogP contribution >= 0.6 is 11.8 Å². The number of hydrogen-bond acceptors (Lipinski definition) is 7. The van der Waals surface area contributed by atoms with Gasteiger partial charge in [-0.2, -0.15) is 15.0 Å². The predicted octanol–water partition coefficient (Wildman–Crippen LogP) is 0.791. The van der Waals surface area contributed by atoms with Gasteiger partial charge in [-0.3, -0.25) is 0 Å². The summed E-state index contributed by atoms with van der Waals surface area (Å²) in [7, 11) is 3.76. The quantitative estimate of drug-likeness (QED) is 0.797. The van der Waals surface area contributed by atoms with Crippen LogP contribution in [0, 0.1) is 0 Å². The van der Waals surface area contributed by atoms with Gasteiger partial charge in [-0.25, -0.2) is 0 Å². The molecule has 7 heteroatoms. The third kappa shape index (κ3) is 3.44. The molecule has 1 fully saturated rings. The van der Waals surface area contributed by atoms with Gasteiger partial charge in [0.05, 0.1) is 6.10 Å². The van der Waals surface area contributed by atoms with E-state index in [9.17, 15) is 0 Å². The molecule has 2 N–H and O–H groups in total. The van der Waals surface area contributed by atoms with E-state index in [-0.39, 0.29) is 5.95 Å². The molecule has 1 unspecified atom stereocenters. The average molecular weight is 255 g/mol. The van der Waals surface area contributed by atoms with Crippen molar-refractivity contribution in [1.29, 1.82) is 0 Å². The van der Waals surface area contributed by atoms with Crippen LogP contribution in [0.5, 0.6) is 0 Å². The van der Waals surface area contributed by atoms with E-state index in [2.05, 4.69) is 15.0 Å². The first-order valence-electron chi connectivity index (χ1n) is 5.58. The van der Waals surface area contributed by atoms with Crippen LogP contribution in [-0.2, 0) is 4.74 Å². The van der Waals surface area contributed by atoms with E-state index >= 15 is 0 Å². The number of nitrogen functional groups attached to an aromatic ring is 1. The summed E-state index contributed by atoms with van der Waals surface area (Å²) in [5, 5.41) is 0.664. The maximum absolute atomic E-state index is 5.65. The first kappa shape index (κ1) is 12.4. The molecule has 1 aromatic heterocycles. The number of nitrogens with two attached hydrogens (primary N) is 1. The van der Waals surface area contributed by atoms with E-state index in [1.807, 2.05) is 19.0 Å². The molecule has 6 nitrogen and oxygen atoms in total. The van der Waals surface area contributed by atoms with Crippen molar-refractivity contribution in [2.45, 2.75) is 24.1 Å². The van der Waals surface area contributed by atoms with Crippen molar-refractivity contribution < 1.29 is 4.74 Å². The summed E-state index contributed by atoms with van der Waals surface area (Å²) in [5.41, 5.74) is 5.65. The molecule has 1 aliphatic rings. The maximum Gasteiger partial charge on any atom is 0.230 e. The summed E-state index contributed by atoms with van der Waals surface area (Å²) in [6.07, 6.45) is 2.59. The van der Waals surface area contributed by atoms with Gasteiger partial charge in [0.15, 0.2) is 5.16 Å². The lowest BCUT2D eigenvalue weighted by Crippen LogP contribution is -2.15. The minimum atomic E-state index is 0.263. The van der Waals surface area contributed by atoms with Gasteiger partial charge < -0.3 is 15.4 Å². The smallest absolute Gasteiger partial charge is 0.230 e. The van der Waals surface area contributed by atoms with Crippen molar-refractivity contribution in [2.75, 3.05) is 37.1 Å². The molecule has 0 radical (unpaired) electrons. The number of nitrogens with zero attached hydrogens (tertiary/aromatic N) is 4. The zero-order valence-corrected chi connectivity index (χ0v) is 10.9. The third-order valence-electron chi connectivity index (χ3n) is 2.44. The van der Waals surface area contributed by atoms with Gasteiger partial charge in [0.2, 0.25) is 11.9 Å². The zero-order valence-electron chi connectivity index (χ0n) is 10.1. The van der Waals surface area contributed by atoms with Crippen LogP contribution < -0.4 is 10.6 Å². The van der Waals surface area contributed by atoms with Gasteiger partial charge in [0.25, 0.3) is 0 Å². The monoisotopic (exact) mass is 255 g/mol. The van der Waals surface area contributed by atoms with Crippen LogP contribution in [0.15, 0.2) is 5.16 Å². The maximum atomic E-state index is 5.65. The van der Waals surface area contributed by atoms with Crippen LogP contribution in [0.25, 0.3) is 0 Å². The SMILES string of the molecule is CN(C)c1nc(N)nc(SCC2CCCO2)n1. The van der Waals surface area contributed by atoms with Crippen molar-refractivity contribution in [2.24, 2.45) is 0 Å². The summed E-state index contributed by atoms with van der Waals surface area (Å²) in [4.78, 5) is 14.3. The summed E-state index contributed by atoms with van der Waals surface area (Å²) in [6.45, 7) is 0.869. The largest absolute Gasteiger partial charge is 0.377 e. The number of aromatic nitrogens is 3. The first-order chi connectivity index (χ1) is 8.15. The summed E-state index contributed by atoms with van der Waals surface area (Å²) < 4.78 is 5.55. The fourth-order valence-corrected chi connectivity index (χ4v) is 2.47. The highest BCUT2D eigenvalue weighted by Gasteiger charge is 2.16. The Morgan fingerprint density at radius 2 is 2.24 bits per heavy atom. The Morgan fingerprint density at radius 3 is 2.88 bits per heavy atom. The number of ether oxygens (including phenoxy) is 1. The second kappa shape index (κ2) is 5.50. The van der Waals surface area contributed by atoms with Crippen molar-refractivity contribution in [3.05, 3.63) is 0 Å². The van der Waals surface area contributed by atoms with Crippen LogP contribution in [0.1, 0.15) is 12.8 Å². The summed E-state index contributed by atoms with van der Waals surface area (Å²) in [6, 6.07) is 0. The third-order valence-corrected chi connectivity index (χ3v) is 3.42. The molecule has 1 aliphatic heterocycles. The van der Waals surface area contributed by atoms with E-state index in [1.54, 1.807) is 11.8 Å². The molecule has 0 saturated carbocycles. The highest BCUT2D eigenvalue weighted by atomic mass is 32.2. The Kier molecular flexibility index (Phi) is 4.01. The van der Waals surface area contributed by atoms with E-state index in [4.69, 9.17) is 10.5 Å². The Morgan fingerprint density at radius 1 is 1.41 bits per heavy atom. The van der Waals surface area contributed by atoms with E-state index < -0.39 is 0 Å². The lowest BCUT2D eigenvalue weighted by Gasteiger charge is -2.12. The molecule has 0 bridgehead atoms. The number of hydrogen-bond donors (Lipinski definition) is 1. The molecular formula is C10H17N5OS. The molecule has 0 aromatic carbocycles.